The molecule has 6 rings (SSSR count). The lowest BCUT2D eigenvalue weighted by Crippen LogP contribution is -2.48. The Hall–Kier alpha value is -4.41. The van der Waals surface area contributed by atoms with Crippen LogP contribution in [0.1, 0.15) is 39.0 Å². The van der Waals surface area contributed by atoms with Crippen molar-refractivity contribution in [2.45, 2.75) is 13.0 Å². The van der Waals surface area contributed by atoms with Crippen LogP contribution in [0.3, 0.4) is 0 Å². The minimum Gasteiger partial charge on any atom is -0.441 e. The molecule has 2 aliphatic rings. The first-order chi connectivity index (χ1) is 17.6. The summed E-state index contributed by atoms with van der Waals surface area (Å²) in [6.07, 6.45) is 1.69. The van der Waals surface area contributed by atoms with E-state index in [1.54, 1.807) is 13.1 Å². The number of oxazole rings is 1. The van der Waals surface area contributed by atoms with Gasteiger partial charge in [0, 0.05) is 49.9 Å². The number of rotatable bonds is 3. The molecule has 0 aliphatic carbocycles. The van der Waals surface area contributed by atoms with Crippen LogP contribution in [0.2, 0.25) is 0 Å². The molecule has 1 saturated heterocycles. The van der Waals surface area contributed by atoms with Crippen molar-refractivity contribution in [3.05, 3.63) is 101 Å². The Morgan fingerprint density at radius 3 is 2.50 bits per heavy atom. The third-order valence-electron chi connectivity index (χ3n) is 7.05. The summed E-state index contributed by atoms with van der Waals surface area (Å²) >= 11 is 0. The van der Waals surface area contributed by atoms with Crippen LogP contribution < -0.4 is 10.2 Å². The van der Waals surface area contributed by atoms with Gasteiger partial charge in [-0.25, -0.2) is 4.98 Å². The van der Waals surface area contributed by atoms with E-state index in [9.17, 15) is 10.1 Å². The number of aryl methyl sites for hydroxylation is 1. The van der Waals surface area contributed by atoms with Crippen LogP contribution in [0.5, 0.6) is 0 Å². The standard InChI is InChI=1S/C29H25N5O2/c1-19-31-18-27(36-19)20-10-11-26(21(16-20)17-30)33-12-14-34(15-13-33)28-22-6-2-3-7-23(22)29(35)32-25-9-5-4-8-24(25)28/h2-11,16,18,28H,12-15H2,1H3,(H,32,35). The Morgan fingerprint density at radius 1 is 1.00 bits per heavy atom. The number of amides is 1. The number of para-hydroxylation sites is 1. The second kappa shape index (κ2) is 8.99. The number of aromatic nitrogens is 1. The van der Waals surface area contributed by atoms with E-state index in [4.69, 9.17) is 4.42 Å². The molecule has 1 amide bonds. The Morgan fingerprint density at radius 2 is 1.75 bits per heavy atom. The molecule has 0 radical (unpaired) electrons. The normalized spacial score (nSPS) is 17.5. The molecule has 36 heavy (non-hydrogen) atoms. The van der Waals surface area contributed by atoms with Gasteiger partial charge in [-0.3, -0.25) is 9.69 Å². The number of nitrogens with one attached hydrogen (secondary N) is 1. The molecule has 4 aromatic rings. The number of anilines is 2. The minimum absolute atomic E-state index is 0.0222. The maximum atomic E-state index is 13.0. The number of carbonyl (C=O) groups is 1. The second-order valence-corrected chi connectivity index (χ2v) is 9.14. The summed E-state index contributed by atoms with van der Waals surface area (Å²) in [5, 5.41) is 13.0. The Labute approximate surface area is 209 Å². The highest BCUT2D eigenvalue weighted by Crippen LogP contribution is 2.39. The third-order valence-corrected chi connectivity index (χ3v) is 7.05. The molecule has 3 heterocycles. The highest BCUT2D eigenvalue weighted by molar-refractivity contribution is 6.07. The Kier molecular flexibility index (Phi) is 5.51. The van der Waals surface area contributed by atoms with E-state index in [0.717, 1.165) is 54.2 Å². The molecule has 7 nitrogen and oxygen atoms in total. The molecule has 3 aromatic carbocycles. The average Bonchev–Trinajstić information content (AvgIpc) is 3.31. The number of nitriles is 1. The predicted molar refractivity (Wildman–Crippen MR) is 138 cm³/mol. The average molecular weight is 476 g/mol. The first-order valence-corrected chi connectivity index (χ1v) is 12.1. The molecule has 0 saturated carbocycles. The summed E-state index contributed by atoms with van der Waals surface area (Å²) in [4.78, 5) is 21.8. The quantitative estimate of drug-likeness (QED) is 0.449. The van der Waals surface area contributed by atoms with Gasteiger partial charge >= 0.3 is 0 Å². The first kappa shape index (κ1) is 22.1. The zero-order valence-corrected chi connectivity index (χ0v) is 19.9. The third kappa shape index (κ3) is 3.82. The SMILES string of the molecule is Cc1ncc(-c2ccc(N3CCN(C4c5ccccc5NC(=O)c5ccccc54)CC3)c(C#N)c2)o1. The largest absolute Gasteiger partial charge is 0.441 e. The van der Waals surface area contributed by atoms with Crippen LogP contribution in [0, 0.1) is 18.3 Å². The maximum absolute atomic E-state index is 13.0. The van der Waals surface area contributed by atoms with Gasteiger partial charge in [-0.05, 0) is 41.5 Å². The number of hydrogen-bond acceptors (Lipinski definition) is 6. The molecule has 1 N–H and O–H groups in total. The molecule has 1 unspecified atom stereocenters. The van der Waals surface area contributed by atoms with E-state index in [1.807, 2.05) is 54.6 Å². The van der Waals surface area contributed by atoms with Gasteiger partial charge in [-0.1, -0.05) is 36.4 Å². The lowest BCUT2D eigenvalue weighted by Gasteiger charge is -2.41. The Balaban J connectivity index is 1.28. The number of carbonyl (C=O) groups excluding carboxylic acids is 1. The number of hydrogen-bond donors (Lipinski definition) is 1. The molecule has 0 bridgehead atoms. The van der Waals surface area contributed by atoms with E-state index in [-0.39, 0.29) is 11.9 Å². The first-order valence-electron chi connectivity index (χ1n) is 12.1. The van der Waals surface area contributed by atoms with Gasteiger partial charge < -0.3 is 14.6 Å². The van der Waals surface area contributed by atoms with Crippen LogP contribution in [-0.4, -0.2) is 42.0 Å². The van der Waals surface area contributed by atoms with Crippen molar-refractivity contribution in [3.63, 3.8) is 0 Å². The molecular formula is C29H25N5O2. The molecule has 178 valence electrons. The molecule has 7 heteroatoms. The van der Waals surface area contributed by atoms with Gasteiger partial charge in [-0.15, -0.1) is 0 Å². The van der Waals surface area contributed by atoms with E-state index in [2.05, 4.69) is 38.3 Å². The van der Waals surface area contributed by atoms with Crippen molar-refractivity contribution in [1.82, 2.24) is 9.88 Å². The zero-order valence-electron chi connectivity index (χ0n) is 19.9. The molecule has 1 fully saturated rings. The highest BCUT2D eigenvalue weighted by Gasteiger charge is 2.33. The van der Waals surface area contributed by atoms with Crippen LogP contribution in [0.25, 0.3) is 11.3 Å². The van der Waals surface area contributed by atoms with E-state index in [1.165, 1.54) is 0 Å². The fourth-order valence-corrected chi connectivity index (χ4v) is 5.31. The van der Waals surface area contributed by atoms with Crippen molar-refractivity contribution in [3.8, 4) is 17.4 Å². The lowest BCUT2D eigenvalue weighted by atomic mass is 9.93. The lowest BCUT2D eigenvalue weighted by molar-refractivity contribution is 0.102. The van der Waals surface area contributed by atoms with Crippen LogP contribution in [-0.2, 0) is 0 Å². The highest BCUT2D eigenvalue weighted by atomic mass is 16.4. The minimum atomic E-state index is -0.0695. The Bertz CT molecular complexity index is 1490. The number of nitrogens with zero attached hydrogens (tertiary/aromatic N) is 4. The second-order valence-electron chi connectivity index (χ2n) is 9.14. The summed E-state index contributed by atoms with van der Waals surface area (Å²) < 4.78 is 5.64. The van der Waals surface area contributed by atoms with Gasteiger partial charge in [0.2, 0.25) is 0 Å². The molecule has 2 aliphatic heterocycles. The summed E-state index contributed by atoms with van der Waals surface area (Å²) in [6.45, 7) is 4.96. The number of benzene rings is 3. The number of fused-ring (bicyclic) bond motifs is 2. The summed E-state index contributed by atoms with van der Waals surface area (Å²) in [5.74, 6) is 1.19. The van der Waals surface area contributed by atoms with Gasteiger partial charge in [0.1, 0.15) is 6.07 Å². The monoisotopic (exact) mass is 475 g/mol. The van der Waals surface area contributed by atoms with Crippen LogP contribution >= 0.6 is 0 Å². The van der Waals surface area contributed by atoms with Crippen LogP contribution in [0.4, 0.5) is 11.4 Å². The maximum Gasteiger partial charge on any atom is 0.256 e. The van der Waals surface area contributed by atoms with E-state index in [0.29, 0.717) is 22.8 Å². The van der Waals surface area contributed by atoms with E-state index >= 15 is 0 Å². The number of piperazine rings is 1. The zero-order chi connectivity index (χ0) is 24.6. The van der Waals surface area contributed by atoms with Gasteiger partial charge in [-0.2, -0.15) is 5.26 Å². The summed E-state index contributed by atoms with van der Waals surface area (Å²) in [5.41, 5.74) is 6.10. The van der Waals surface area contributed by atoms with Crippen molar-refractivity contribution in [1.29, 1.82) is 5.26 Å². The topological polar surface area (TPSA) is 85.4 Å². The van der Waals surface area contributed by atoms with Gasteiger partial charge in [0.15, 0.2) is 11.7 Å². The summed E-state index contributed by atoms with van der Waals surface area (Å²) in [6, 6.07) is 24.1. The van der Waals surface area contributed by atoms with Crippen molar-refractivity contribution >= 4 is 17.3 Å². The molecule has 1 atom stereocenters. The van der Waals surface area contributed by atoms with Crippen molar-refractivity contribution < 1.29 is 9.21 Å². The molecular weight excluding hydrogens is 450 g/mol. The van der Waals surface area contributed by atoms with Crippen molar-refractivity contribution in [2.24, 2.45) is 0 Å². The van der Waals surface area contributed by atoms with Crippen molar-refractivity contribution in [2.75, 3.05) is 36.4 Å². The fraction of sp³-hybridized carbons (Fsp3) is 0.207. The van der Waals surface area contributed by atoms with Gasteiger partial charge in [0.05, 0.1) is 23.5 Å². The van der Waals surface area contributed by atoms with E-state index < -0.39 is 0 Å². The molecule has 0 spiro atoms. The fourth-order valence-electron chi connectivity index (χ4n) is 5.31. The van der Waals surface area contributed by atoms with Gasteiger partial charge in [0.25, 0.3) is 5.91 Å². The predicted octanol–water partition coefficient (Wildman–Crippen LogP) is 5.00. The molecule has 1 aromatic heterocycles. The van der Waals surface area contributed by atoms with Crippen LogP contribution in [0.15, 0.2) is 77.3 Å². The smallest absolute Gasteiger partial charge is 0.256 e. The summed E-state index contributed by atoms with van der Waals surface area (Å²) in [7, 11) is 0.